The lowest BCUT2D eigenvalue weighted by atomic mass is 10.0. The van der Waals surface area contributed by atoms with Gasteiger partial charge >= 0.3 is 12.1 Å². The van der Waals surface area contributed by atoms with Crippen molar-refractivity contribution < 1.29 is 42.1 Å². The summed E-state index contributed by atoms with van der Waals surface area (Å²) in [6.45, 7) is -1.49. The molecule has 4 heterocycles. The van der Waals surface area contributed by atoms with Crippen molar-refractivity contribution in [2.45, 2.75) is 24.1 Å². The number of nitrogens with zero attached hydrogens (tertiary/aromatic N) is 4. The van der Waals surface area contributed by atoms with Crippen molar-refractivity contribution in [3.8, 4) is 0 Å². The molecule has 4 N–H and O–H groups in total. The van der Waals surface area contributed by atoms with Crippen molar-refractivity contribution in [2.24, 2.45) is 5.16 Å². The van der Waals surface area contributed by atoms with Crippen molar-refractivity contribution in [1.29, 1.82) is 0 Å². The number of carbonyl (C=O) groups is 3. The van der Waals surface area contributed by atoms with Crippen molar-refractivity contribution in [3.05, 3.63) is 52.9 Å². The third-order valence-corrected chi connectivity index (χ3v) is 7.06. The molecule has 16 heteroatoms. The van der Waals surface area contributed by atoms with E-state index >= 15 is 0 Å². The minimum absolute atomic E-state index is 0.0371. The molecule has 11 nitrogen and oxygen atoms in total. The van der Waals surface area contributed by atoms with Gasteiger partial charge in [-0.25, -0.2) is 14.3 Å². The molecule has 0 spiro atoms. The Kier molecular flexibility index (Phi) is 7.16. The molecule has 0 aliphatic carbocycles. The second-order valence-corrected chi connectivity index (χ2v) is 9.56. The first-order chi connectivity index (χ1) is 17.0. The molecule has 2 aliphatic rings. The van der Waals surface area contributed by atoms with Gasteiger partial charge in [-0.1, -0.05) is 11.2 Å². The first kappa shape index (κ1) is 25.4. The highest BCUT2D eigenvalue weighted by molar-refractivity contribution is 8.00. The van der Waals surface area contributed by atoms with Crippen LogP contribution in [-0.4, -0.2) is 68.4 Å². The molecule has 36 heavy (non-hydrogen) atoms. The van der Waals surface area contributed by atoms with E-state index in [-0.39, 0.29) is 28.8 Å². The fraction of sp³-hybridized carbons (Fsp3) is 0.300. The lowest BCUT2D eigenvalue weighted by Gasteiger charge is -2.49. The Morgan fingerprint density at radius 2 is 2.06 bits per heavy atom. The van der Waals surface area contributed by atoms with E-state index in [1.807, 2.05) is 6.07 Å². The molecule has 2 amide bonds. The summed E-state index contributed by atoms with van der Waals surface area (Å²) in [6.07, 6.45) is -1.17. The van der Waals surface area contributed by atoms with Gasteiger partial charge in [0, 0.05) is 28.8 Å². The molecule has 2 aromatic heterocycles. The first-order valence-corrected chi connectivity index (χ1v) is 12.1. The Morgan fingerprint density at radius 1 is 1.33 bits per heavy atom. The Hall–Kier alpha value is -3.66. The summed E-state index contributed by atoms with van der Waals surface area (Å²) in [7, 11) is 0. The number of nitrogens with one attached hydrogen (secondary N) is 1. The predicted octanol–water partition coefficient (Wildman–Crippen LogP) is 0.735. The minimum Gasteiger partial charge on any atom is -0.477 e. The molecule has 2 aliphatic heterocycles. The van der Waals surface area contributed by atoms with E-state index in [0.29, 0.717) is 5.57 Å². The summed E-state index contributed by atoms with van der Waals surface area (Å²) in [4.78, 5) is 47.0. The van der Waals surface area contributed by atoms with Gasteiger partial charge in [0.1, 0.15) is 22.8 Å². The number of nitrogens with two attached hydrogens (primary N) is 1. The standard InChI is InChI=1S/C20H17F3N6O5S2/c21-20(22,23)9-34-27-12(11-8-36-19(24)25-11)15(30)26-13-16(31)29-14(18(32)33)10(7-35-17(13)29)6-28-4-2-1-3-5-28/h1-5,8,13,17H,6-7,9H2,(H3-,24,25,26,30,32,33)/p+1/t13?,17-/m0/s1. The normalized spacial score (nSPS) is 20.0. The number of amides is 2. The SMILES string of the molecule is Nc1nc(C(=NOCC(F)(F)F)C(=O)NC2C(=O)N3C(C(=O)O)=C(C[n+]4ccccc4)CS[C@@H]23)cs1. The largest absolute Gasteiger partial charge is 0.477 e. The molecule has 1 saturated heterocycles. The number of carbonyl (C=O) groups excluding carboxylic acids is 2. The van der Waals surface area contributed by atoms with Crippen molar-refractivity contribution >= 4 is 51.7 Å². The highest BCUT2D eigenvalue weighted by Gasteiger charge is 2.54. The monoisotopic (exact) mass is 543 g/mol. The molecule has 1 fully saturated rings. The van der Waals surface area contributed by atoms with E-state index in [9.17, 15) is 32.7 Å². The molecule has 190 valence electrons. The lowest BCUT2D eigenvalue weighted by Crippen LogP contribution is -2.71. The van der Waals surface area contributed by atoms with Crippen LogP contribution in [0.1, 0.15) is 5.69 Å². The number of hydrogen-bond donors (Lipinski definition) is 3. The highest BCUT2D eigenvalue weighted by atomic mass is 32.2. The zero-order valence-electron chi connectivity index (χ0n) is 18.1. The van der Waals surface area contributed by atoms with E-state index in [4.69, 9.17) is 5.73 Å². The fourth-order valence-electron chi connectivity index (χ4n) is 3.55. The zero-order valence-corrected chi connectivity index (χ0v) is 19.8. The summed E-state index contributed by atoms with van der Waals surface area (Å²) >= 11 is 2.18. The third-order valence-electron chi connectivity index (χ3n) is 5.05. The van der Waals surface area contributed by atoms with Gasteiger partial charge in [-0.2, -0.15) is 13.2 Å². The number of pyridine rings is 1. The molecule has 4 rings (SSSR count). The van der Waals surface area contributed by atoms with Gasteiger partial charge in [0.25, 0.3) is 11.8 Å². The number of oxime groups is 1. The van der Waals surface area contributed by atoms with Crippen LogP contribution in [0.4, 0.5) is 18.3 Å². The van der Waals surface area contributed by atoms with Crippen molar-refractivity contribution in [2.75, 3.05) is 18.1 Å². The Morgan fingerprint density at radius 3 is 2.67 bits per heavy atom. The van der Waals surface area contributed by atoms with Crippen molar-refractivity contribution in [3.63, 3.8) is 0 Å². The topological polar surface area (TPSA) is 151 Å². The molecule has 0 aromatic carbocycles. The summed E-state index contributed by atoms with van der Waals surface area (Å²) in [6, 6.07) is 4.25. The van der Waals surface area contributed by atoms with Gasteiger partial charge in [-0.3, -0.25) is 14.5 Å². The average Bonchev–Trinajstić information content (AvgIpc) is 3.25. The third kappa shape index (κ3) is 5.43. The number of hydrogen-bond acceptors (Lipinski definition) is 9. The van der Waals surface area contributed by atoms with Crippen LogP contribution in [0.3, 0.4) is 0 Å². The number of β-lactam (4-membered cyclic amide) rings is 1. The van der Waals surface area contributed by atoms with Gasteiger partial charge in [0.15, 0.2) is 29.8 Å². The van der Waals surface area contributed by atoms with E-state index < -0.39 is 47.7 Å². The molecule has 2 atom stereocenters. The summed E-state index contributed by atoms with van der Waals surface area (Å²) in [5.41, 5.74) is 5.16. The molecular formula is C20H18F3N6O5S2+. The highest BCUT2D eigenvalue weighted by Crippen LogP contribution is 2.40. The molecular weight excluding hydrogens is 525 g/mol. The predicted molar refractivity (Wildman–Crippen MR) is 121 cm³/mol. The van der Waals surface area contributed by atoms with E-state index in [1.54, 1.807) is 29.1 Å². The Balaban J connectivity index is 1.52. The molecule has 2 aromatic rings. The molecule has 1 unspecified atom stereocenters. The Bertz CT molecular complexity index is 1250. The number of aromatic nitrogens is 2. The Labute approximate surface area is 209 Å². The average molecular weight is 544 g/mol. The van der Waals surface area contributed by atoms with Crippen LogP contribution in [0.15, 0.2) is 52.4 Å². The van der Waals surface area contributed by atoms with Crippen LogP contribution in [0.25, 0.3) is 0 Å². The second-order valence-electron chi connectivity index (χ2n) is 7.57. The molecule has 0 bridgehead atoms. The number of carboxylic acids is 1. The number of carboxylic acid groups (broad SMARTS) is 1. The maximum Gasteiger partial charge on any atom is 0.425 e. The number of aliphatic carboxylic acids is 1. The summed E-state index contributed by atoms with van der Waals surface area (Å²) in [5, 5.41) is 16.1. The first-order valence-electron chi connectivity index (χ1n) is 10.2. The van der Waals surface area contributed by atoms with E-state index in [2.05, 4.69) is 20.3 Å². The number of alkyl halides is 3. The second kappa shape index (κ2) is 10.1. The van der Waals surface area contributed by atoms with Gasteiger partial charge in [-0.15, -0.1) is 23.1 Å². The maximum absolute atomic E-state index is 12.9. The van der Waals surface area contributed by atoms with Gasteiger partial charge in [0.2, 0.25) is 6.61 Å². The van der Waals surface area contributed by atoms with Crippen LogP contribution in [0.5, 0.6) is 0 Å². The van der Waals surface area contributed by atoms with E-state index in [1.165, 1.54) is 17.1 Å². The fourth-order valence-corrected chi connectivity index (χ4v) is 5.43. The van der Waals surface area contributed by atoms with Crippen LogP contribution in [-0.2, 0) is 25.8 Å². The summed E-state index contributed by atoms with van der Waals surface area (Å²) in [5.74, 6) is -2.71. The number of rotatable bonds is 8. The maximum atomic E-state index is 12.9. The molecule has 0 radical (unpaired) electrons. The van der Waals surface area contributed by atoms with E-state index in [0.717, 1.165) is 16.2 Å². The van der Waals surface area contributed by atoms with Gasteiger partial charge in [-0.05, 0) is 0 Å². The number of fused-ring (bicyclic) bond motifs is 1. The zero-order chi connectivity index (χ0) is 26.0. The molecule has 0 saturated carbocycles. The van der Waals surface area contributed by atoms with Crippen LogP contribution in [0, 0.1) is 0 Å². The van der Waals surface area contributed by atoms with Crippen LogP contribution >= 0.6 is 23.1 Å². The quantitative estimate of drug-likeness (QED) is 0.191. The number of thioether (sulfide) groups is 1. The van der Waals surface area contributed by atoms with Crippen molar-refractivity contribution in [1.82, 2.24) is 15.2 Å². The number of thiazole rings is 1. The smallest absolute Gasteiger partial charge is 0.425 e. The van der Waals surface area contributed by atoms with Crippen LogP contribution < -0.4 is 15.6 Å². The summed E-state index contributed by atoms with van der Waals surface area (Å²) < 4.78 is 39.2. The van der Waals surface area contributed by atoms with Gasteiger partial charge in [0.05, 0.1) is 0 Å². The van der Waals surface area contributed by atoms with Crippen LogP contribution in [0.2, 0.25) is 0 Å². The number of halogens is 3. The number of anilines is 1. The van der Waals surface area contributed by atoms with Gasteiger partial charge < -0.3 is 21.0 Å². The minimum atomic E-state index is -4.69. The number of nitrogen functional groups attached to an aromatic ring is 1. The lowest BCUT2D eigenvalue weighted by molar-refractivity contribution is -0.689.